The molecule has 3 aliphatic rings. The van der Waals surface area contributed by atoms with Gasteiger partial charge in [-0.2, -0.15) is 0 Å². The third kappa shape index (κ3) is 3.17. The molecule has 1 aliphatic carbocycles. The van der Waals surface area contributed by atoms with Crippen molar-refractivity contribution in [1.29, 1.82) is 0 Å². The summed E-state index contributed by atoms with van der Waals surface area (Å²) < 4.78 is 5.99. The van der Waals surface area contributed by atoms with Gasteiger partial charge >= 0.3 is 0 Å². The standard InChI is InChI=1S/C17H27N3O/c1-13-14(10-18-15-4-5-15)9-17(21-13)12-19-7-8-20-6-2-3-16(20)11-19/h9,15-16,18H,2-8,10-12H2,1H3. The molecule has 3 heterocycles. The molecule has 1 atom stereocenters. The van der Waals surface area contributed by atoms with Crippen molar-refractivity contribution >= 4 is 0 Å². The summed E-state index contributed by atoms with van der Waals surface area (Å²) in [6.45, 7) is 9.00. The minimum absolute atomic E-state index is 0.762. The van der Waals surface area contributed by atoms with Crippen molar-refractivity contribution in [1.82, 2.24) is 15.1 Å². The van der Waals surface area contributed by atoms with Crippen LogP contribution in [0.15, 0.2) is 10.5 Å². The molecular formula is C17H27N3O. The molecule has 0 radical (unpaired) electrons. The van der Waals surface area contributed by atoms with Crippen LogP contribution < -0.4 is 5.32 Å². The number of furan rings is 1. The molecule has 1 N–H and O–H groups in total. The molecular weight excluding hydrogens is 262 g/mol. The zero-order chi connectivity index (χ0) is 14.2. The number of nitrogens with one attached hydrogen (secondary N) is 1. The highest BCUT2D eigenvalue weighted by molar-refractivity contribution is 5.21. The average molecular weight is 289 g/mol. The zero-order valence-corrected chi connectivity index (χ0v) is 13.1. The van der Waals surface area contributed by atoms with Crippen molar-refractivity contribution in [2.75, 3.05) is 26.2 Å². The van der Waals surface area contributed by atoms with Gasteiger partial charge in [-0.1, -0.05) is 0 Å². The lowest BCUT2D eigenvalue weighted by Gasteiger charge is -2.37. The van der Waals surface area contributed by atoms with E-state index in [0.717, 1.165) is 36.7 Å². The predicted octanol–water partition coefficient (Wildman–Crippen LogP) is 2.12. The van der Waals surface area contributed by atoms with E-state index in [0.29, 0.717) is 0 Å². The van der Waals surface area contributed by atoms with Crippen molar-refractivity contribution in [3.63, 3.8) is 0 Å². The first-order valence-electron chi connectivity index (χ1n) is 8.56. The Labute approximate surface area is 127 Å². The van der Waals surface area contributed by atoms with Crippen LogP contribution in [0.2, 0.25) is 0 Å². The Morgan fingerprint density at radius 1 is 1.24 bits per heavy atom. The lowest BCUT2D eigenvalue weighted by Crippen LogP contribution is -2.49. The maximum Gasteiger partial charge on any atom is 0.118 e. The van der Waals surface area contributed by atoms with E-state index in [4.69, 9.17) is 4.42 Å². The molecule has 1 aromatic rings. The van der Waals surface area contributed by atoms with E-state index in [-0.39, 0.29) is 0 Å². The van der Waals surface area contributed by atoms with Crippen LogP contribution in [0.25, 0.3) is 0 Å². The summed E-state index contributed by atoms with van der Waals surface area (Å²) in [4.78, 5) is 5.23. The normalized spacial score (nSPS) is 27.2. The average Bonchev–Trinajstić information content (AvgIpc) is 3.07. The van der Waals surface area contributed by atoms with Crippen LogP contribution >= 0.6 is 0 Å². The molecule has 3 fully saturated rings. The van der Waals surface area contributed by atoms with Gasteiger partial charge in [-0.25, -0.2) is 0 Å². The third-order valence-electron chi connectivity index (χ3n) is 5.28. The minimum atomic E-state index is 0.762. The van der Waals surface area contributed by atoms with Crippen molar-refractivity contribution in [2.45, 2.75) is 57.8 Å². The van der Waals surface area contributed by atoms with Crippen LogP contribution in [0.3, 0.4) is 0 Å². The molecule has 1 unspecified atom stereocenters. The van der Waals surface area contributed by atoms with Crippen LogP contribution in [0.5, 0.6) is 0 Å². The number of hydrogen-bond acceptors (Lipinski definition) is 4. The van der Waals surface area contributed by atoms with Gasteiger partial charge in [-0.3, -0.25) is 9.80 Å². The smallest absolute Gasteiger partial charge is 0.118 e. The fourth-order valence-corrected chi connectivity index (χ4v) is 3.80. The summed E-state index contributed by atoms with van der Waals surface area (Å²) in [6, 6.07) is 3.83. The second kappa shape index (κ2) is 5.75. The van der Waals surface area contributed by atoms with Crippen LogP contribution in [0.4, 0.5) is 0 Å². The van der Waals surface area contributed by atoms with Gasteiger partial charge in [0, 0.05) is 43.8 Å². The van der Waals surface area contributed by atoms with E-state index < -0.39 is 0 Å². The molecule has 4 rings (SSSR count). The second-order valence-electron chi connectivity index (χ2n) is 7.02. The summed E-state index contributed by atoms with van der Waals surface area (Å²) in [5.41, 5.74) is 1.34. The zero-order valence-electron chi connectivity index (χ0n) is 13.1. The molecule has 116 valence electrons. The topological polar surface area (TPSA) is 31.7 Å². The highest BCUT2D eigenvalue weighted by atomic mass is 16.3. The Bertz CT molecular complexity index is 494. The highest BCUT2D eigenvalue weighted by Gasteiger charge is 2.30. The van der Waals surface area contributed by atoms with E-state index >= 15 is 0 Å². The van der Waals surface area contributed by atoms with E-state index in [2.05, 4.69) is 28.1 Å². The van der Waals surface area contributed by atoms with Gasteiger partial charge in [-0.05, 0) is 45.2 Å². The van der Waals surface area contributed by atoms with Gasteiger partial charge in [0.2, 0.25) is 0 Å². The van der Waals surface area contributed by atoms with Crippen LogP contribution in [-0.2, 0) is 13.1 Å². The van der Waals surface area contributed by atoms with Gasteiger partial charge < -0.3 is 9.73 Å². The van der Waals surface area contributed by atoms with E-state index in [1.807, 2.05) is 0 Å². The van der Waals surface area contributed by atoms with Crippen LogP contribution in [0.1, 0.15) is 42.8 Å². The maximum absolute atomic E-state index is 5.99. The Morgan fingerprint density at radius 3 is 3.00 bits per heavy atom. The fraction of sp³-hybridized carbons (Fsp3) is 0.765. The Hall–Kier alpha value is -0.840. The molecule has 1 aromatic heterocycles. The molecule has 2 aliphatic heterocycles. The molecule has 4 heteroatoms. The molecule has 0 aromatic carbocycles. The monoisotopic (exact) mass is 289 g/mol. The third-order valence-corrected chi connectivity index (χ3v) is 5.28. The molecule has 0 amide bonds. The molecule has 21 heavy (non-hydrogen) atoms. The number of hydrogen-bond donors (Lipinski definition) is 1. The van der Waals surface area contributed by atoms with Crippen molar-refractivity contribution in [3.8, 4) is 0 Å². The largest absolute Gasteiger partial charge is 0.465 e. The lowest BCUT2D eigenvalue weighted by molar-refractivity contribution is 0.0939. The van der Waals surface area contributed by atoms with Crippen molar-refractivity contribution in [3.05, 3.63) is 23.2 Å². The summed E-state index contributed by atoms with van der Waals surface area (Å²) in [5.74, 6) is 2.24. The molecule has 0 spiro atoms. The predicted molar refractivity (Wildman–Crippen MR) is 83.2 cm³/mol. The number of rotatable bonds is 5. The van der Waals surface area contributed by atoms with E-state index in [1.54, 1.807) is 0 Å². The minimum Gasteiger partial charge on any atom is -0.465 e. The lowest BCUT2D eigenvalue weighted by atomic mass is 10.1. The van der Waals surface area contributed by atoms with Gasteiger partial charge in [0.25, 0.3) is 0 Å². The van der Waals surface area contributed by atoms with Gasteiger partial charge in [-0.15, -0.1) is 0 Å². The number of aryl methyl sites for hydroxylation is 1. The maximum atomic E-state index is 5.99. The Morgan fingerprint density at radius 2 is 2.14 bits per heavy atom. The second-order valence-corrected chi connectivity index (χ2v) is 7.02. The first-order valence-corrected chi connectivity index (χ1v) is 8.56. The van der Waals surface area contributed by atoms with Crippen molar-refractivity contribution in [2.24, 2.45) is 0 Å². The van der Waals surface area contributed by atoms with E-state index in [1.165, 1.54) is 57.4 Å². The van der Waals surface area contributed by atoms with E-state index in [9.17, 15) is 0 Å². The van der Waals surface area contributed by atoms with Crippen LogP contribution in [-0.4, -0.2) is 48.1 Å². The summed E-state index contributed by atoms with van der Waals surface area (Å²) in [5, 5.41) is 3.58. The number of fused-ring (bicyclic) bond motifs is 1. The SMILES string of the molecule is Cc1oc(CN2CCN3CCCC3C2)cc1CNC1CC1. The molecule has 0 bridgehead atoms. The first-order chi connectivity index (χ1) is 10.3. The van der Waals surface area contributed by atoms with Gasteiger partial charge in [0.1, 0.15) is 11.5 Å². The first kappa shape index (κ1) is 13.8. The molecule has 1 saturated carbocycles. The van der Waals surface area contributed by atoms with Gasteiger partial charge in [0.15, 0.2) is 0 Å². The van der Waals surface area contributed by atoms with Gasteiger partial charge in [0.05, 0.1) is 6.54 Å². The summed E-state index contributed by atoms with van der Waals surface area (Å²) in [7, 11) is 0. The molecule has 4 nitrogen and oxygen atoms in total. The van der Waals surface area contributed by atoms with Crippen molar-refractivity contribution < 1.29 is 4.42 Å². The molecule has 2 saturated heterocycles. The summed E-state index contributed by atoms with van der Waals surface area (Å²) >= 11 is 0. The Kier molecular flexibility index (Phi) is 3.78. The summed E-state index contributed by atoms with van der Waals surface area (Å²) in [6.07, 6.45) is 5.45. The van der Waals surface area contributed by atoms with Crippen LogP contribution in [0, 0.1) is 6.92 Å². The fourth-order valence-electron chi connectivity index (χ4n) is 3.80. The number of nitrogens with zero attached hydrogens (tertiary/aromatic N) is 2. The number of piperazine rings is 1. The Balaban J connectivity index is 1.34. The highest BCUT2D eigenvalue weighted by Crippen LogP contribution is 2.24. The quantitative estimate of drug-likeness (QED) is 0.900.